The van der Waals surface area contributed by atoms with E-state index >= 15 is 0 Å². The predicted molar refractivity (Wildman–Crippen MR) is 108 cm³/mol. The molecule has 0 atom stereocenters. The number of furan rings is 2. The topological polar surface area (TPSA) is 46.5 Å². The van der Waals surface area contributed by atoms with Crippen molar-refractivity contribution in [2.75, 3.05) is 0 Å². The van der Waals surface area contributed by atoms with Gasteiger partial charge >= 0.3 is 0 Å². The average molecular weight is 350 g/mol. The highest BCUT2D eigenvalue weighted by molar-refractivity contribution is 6.18. The van der Waals surface area contributed by atoms with Crippen LogP contribution in [-0.2, 0) is 0 Å². The second-order valence-electron chi connectivity index (χ2n) is 6.71. The fourth-order valence-electron chi connectivity index (χ4n) is 4.02. The predicted octanol–water partition coefficient (Wildman–Crippen LogP) is 6.86. The third kappa shape index (κ3) is 1.91. The van der Waals surface area contributed by atoms with Crippen LogP contribution in [0.4, 0.5) is 0 Å². The zero-order chi connectivity index (χ0) is 18.0. The normalized spacial score (nSPS) is 11.9. The first-order valence-corrected chi connectivity index (χ1v) is 8.85. The maximum Gasteiger partial charge on any atom is 0.143 e. The van der Waals surface area contributed by atoms with Crippen LogP contribution in [0.2, 0.25) is 0 Å². The van der Waals surface area contributed by atoms with Crippen LogP contribution < -0.4 is 0 Å². The van der Waals surface area contributed by atoms with Gasteiger partial charge in [0.15, 0.2) is 0 Å². The van der Waals surface area contributed by atoms with Gasteiger partial charge in [-0.1, -0.05) is 54.6 Å². The van der Waals surface area contributed by atoms with E-state index < -0.39 is 0 Å². The van der Waals surface area contributed by atoms with Gasteiger partial charge in [-0.05, 0) is 24.3 Å². The van der Waals surface area contributed by atoms with Crippen molar-refractivity contribution in [2.24, 2.45) is 0 Å². The molecule has 6 aromatic rings. The summed E-state index contributed by atoms with van der Waals surface area (Å²) in [6, 6.07) is 25.4. The van der Waals surface area contributed by atoms with Crippen LogP contribution in [0.5, 0.6) is 5.75 Å². The van der Waals surface area contributed by atoms with Crippen LogP contribution in [0.25, 0.3) is 55.0 Å². The molecule has 1 N–H and O–H groups in total. The maximum atomic E-state index is 10.8. The maximum absolute atomic E-state index is 10.8. The van der Waals surface area contributed by atoms with Gasteiger partial charge in [-0.15, -0.1) is 0 Å². The fourth-order valence-corrected chi connectivity index (χ4v) is 4.02. The number of rotatable bonds is 1. The van der Waals surface area contributed by atoms with Gasteiger partial charge in [0.05, 0.1) is 0 Å². The second-order valence-corrected chi connectivity index (χ2v) is 6.71. The minimum absolute atomic E-state index is 0.210. The summed E-state index contributed by atoms with van der Waals surface area (Å²) in [7, 11) is 0. The highest BCUT2D eigenvalue weighted by atomic mass is 16.3. The van der Waals surface area contributed by atoms with Gasteiger partial charge in [-0.3, -0.25) is 0 Å². The van der Waals surface area contributed by atoms with Gasteiger partial charge in [0.2, 0.25) is 0 Å². The molecule has 0 spiro atoms. The zero-order valence-corrected chi connectivity index (χ0v) is 14.3. The van der Waals surface area contributed by atoms with Crippen LogP contribution in [0.3, 0.4) is 0 Å². The third-order valence-corrected chi connectivity index (χ3v) is 5.20. The quantitative estimate of drug-likeness (QED) is 0.352. The van der Waals surface area contributed by atoms with Crippen molar-refractivity contribution < 1.29 is 13.9 Å². The molecule has 27 heavy (non-hydrogen) atoms. The van der Waals surface area contributed by atoms with Gasteiger partial charge in [-0.25, -0.2) is 0 Å². The average Bonchev–Trinajstić information content (AvgIpc) is 3.26. The van der Waals surface area contributed by atoms with E-state index in [0.717, 1.165) is 55.0 Å². The Kier molecular flexibility index (Phi) is 2.75. The summed E-state index contributed by atoms with van der Waals surface area (Å²) < 4.78 is 12.2. The standard InChI is InChI=1S/C24H14O3/c25-18-12-13-21-23(16-7-2-4-11-20(16)26-21)22(18)17-9-5-8-15-14-6-1-3-10-19(14)27-24(15)17/h1-13,25H. The molecule has 0 bridgehead atoms. The summed E-state index contributed by atoms with van der Waals surface area (Å²) in [5, 5.41) is 14.8. The van der Waals surface area contributed by atoms with Crippen molar-refractivity contribution >= 4 is 43.9 Å². The Morgan fingerprint density at radius 3 is 2.11 bits per heavy atom. The molecule has 0 aliphatic carbocycles. The molecular weight excluding hydrogens is 336 g/mol. The molecule has 0 fully saturated rings. The molecule has 2 heterocycles. The molecular formula is C24H14O3. The van der Waals surface area contributed by atoms with Crippen molar-refractivity contribution in [1.29, 1.82) is 0 Å². The molecule has 0 saturated heterocycles. The first kappa shape index (κ1) is 14.4. The highest BCUT2D eigenvalue weighted by Gasteiger charge is 2.20. The Hall–Kier alpha value is -3.72. The van der Waals surface area contributed by atoms with Gasteiger partial charge in [0, 0.05) is 32.7 Å². The number of hydrogen-bond acceptors (Lipinski definition) is 3. The summed E-state index contributed by atoms with van der Waals surface area (Å²) in [5.74, 6) is 0.210. The van der Waals surface area contributed by atoms with Gasteiger partial charge in [0.25, 0.3) is 0 Å². The van der Waals surface area contributed by atoms with Gasteiger partial charge in [0.1, 0.15) is 28.1 Å². The molecule has 0 radical (unpaired) electrons. The molecule has 0 aliphatic rings. The number of para-hydroxylation sites is 3. The number of benzene rings is 4. The molecule has 0 amide bonds. The third-order valence-electron chi connectivity index (χ3n) is 5.20. The number of phenols is 1. The van der Waals surface area contributed by atoms with Crippen LogP contribution in [0, 0.1) is 0 Å². The molecule has 4 aromatic carbocycles. The number of fused-ring (bicyclic) bond motifs is 6. The van der Waals surface area contributed by atoms with E-state index in [1.807, 2.05) is 60.7 Å². The molecule has 3 heteroatoms. The van der Waals surface area contributed by atoms with E-state index in [1.54, 1.807) is 6.07 Å². The molecule has 2 aromatic heterocycles. The van der Waals surface area contributed by atoms with Crippen molar-refractivity contribution in [2.45, 2.75) is 0 Å². The Morgan fingerprint density at radius 2 is 1.26 bits per heavy atom. The zero-order valence-electron chi connectivity index (χ0n) is 14.3. The molecule has 0 aliphatic heterocycles. The van der Waals surface area contributed by atoms with E-state index in [2.05, 4.69) is 12.1 Å². The summed E-state index contributed by atoms with van der Waals surface area (Å²) in [5.41, 5.74) is 4.75. The molecule has 0 unspecified atom stereocenters. The molecule has 0 saturated carbocycles. The Bertz CT molecular complexity index is 1480. The van der Waals surface area contributed by atoms with Crippen molar-refractivity contribution in [1.82, 2.24) is 0 Å². The lowest BCUT2D eigenvalue weighted by Crippen LogP contribution is -1.82. The van der Waals surface area contributed by atoms with E-state index in [-0.39, 0.29) is 5.75 Å². The highest BCUT2D eigenvalue weighted by Crippen LogP contribution is 2.45. The minimum atomic E-state index is 0.210. The largest absolute Gasteiger partial charge is 0.507 e. The monoisotopic (exact) mass is 350 g/mol. The SMILES string of the molecule is Oc1ccc2oc3ccccc3c2c1-c1cccc2c1oc1ccccc12. The van der Waals surface area contributed by atoms with E-state index in [9.17, 15) is 5.11 Å². The molecule has 6 rings (SSSR count). The molecule has 128 valence electrons. The van der Waals surface area contributed by atoms with Crippen LogP contribution in [-0.4, -0.2) is 5.11 Å². The van der Waals surface area contributed by atoms with E-state index in [4.69, 9.17) is 8.83 Å². The van der Waals surface area contributed by atoms with Crippen LogP contribution >= 0.6 is 0 Å². The Labute approximate surface area is 154 Å². The summed E-state index contributed by atoms with van der Waals surface area (Å²) in [6.07, 6.45) is 0. The lowest BCUT2D eigenvalue weighted by atomic mass is 9.96. The fraction of sp³-hybridized carbons (Fsp3) is 0. The molecule has 3 nitrogen and oxygen atoms in total. The smallest absolute Gasteiger partial charge is 0.143 e. The van der Waals surface area contributed by atoms with Crippen molar-refractivity contribution in [3.8, 4) is 16.9 Å². The van der Waals surface area contributed by atoms with Crippen molar-refractivity contribution in [3.63, 3.8) is 0 Å². The van der Waals surface area contributed by atoms with Crippen LogP contribution in [0.15, 0.2) is 87.7 Å². The number of hydrogen-bond donors (Lipinski definition) is 1. The van der Waals surface area contributed by atoms with Crippen LogP contribution in [0.1, 0.15) is 0 Å². The van der Waals surface area contributed by atoms with E-state index in [1.165, 1.54) is 0 Å². The Balaban J connectivity index is 1.82. The minimum Gasteiger partial charge on any atom is -0.507 e. The number of phenolic OH excluding ortho intramolecular Hbond substituents is 1. The lowest BCUT2D eigenvalue weighted by Gasteiger charge is -2.07. The van der Waals surface area contributed by atoms with Gasteiger partial charge < -0.3 is 13.9 Å². The Morgan fingerprint density at radius 1 is 0.556 bits per heavy atom. The summed E-state index contributed by atoms with van der Waals surface area (Å²) in [4.78, 5) is 0. The second kappa shape index (κ2) is 5.15. The van der Waals surface area contributed by atoms with Crippen molar-refractivity contribution in [3.05, 3.63) is 78.9 Å². The summed E-state index contributed by atoms with van der Waals surface area (Å²) >= 11 is 0. The summed E-state index contributed by atoms with van der Waals surface area (Å²) in [6.45, 7) is 0. The lowest BCUT2D eigenvalue weighted by molar-refractivity contribution is 0.477. The number of aromatic hydroxyl groups is 1. The first-order chi connectivity index (χ1) is 13.3. The first-order valence-electron chi connectivity index (χ1n) is 8.85. The van der Waals surface area contributed by atoms with Gasteiger partial charge in [-0.2, -0.15) is 0 Å². The van der Waals surface area contributed by atoms with E-state index in [0.29, 0.717) is 0 Å².